The average molecular weight is 245 g/mol. The molecule has 1 fully saturated rings. The van der Waals surface area contributed by atoms with Gasteiger partial charge in [0.2, 0.25) is 0 Å². The zero-order valence-electron chi connectivity index (χ0n) is 10.5. The van der Waals surface area contributed by atoms with Crippen molar-refractivity contribution in [2.24, 2.45) is 11.7 Å². The maximum absolute atomic E-state index is 11.1. The van der Waals surface area contributed by atoms with E-state index in [-0.39, 0.29) is 5.92 Å². The third kappa shape index (κ3) is 3.94. The first kappa shape index (κ1) is 14.4. The van der Waals surface area contributed by atoms with Gasteiger partial charge in [-0.2, -0.15) is 0 Å². The van der Waals surface area contributed by atoms with Gasteiger partial charge < -0.3 is 20.3 Å². The predicted molar refractivity (Wildman–Crippen MR) is 63.8 cm³/mol. The monoisotopic (exact) mass is 245 g/mol. The van der Waals surface area contributed by atoms with Gasteiger partial charge in [0.25, 0.3) is 0 Å². The molecule has 100 valence electrons. The van der Waals surface area contributed by atoms with Gasteiger partial charge in [0, 0.05) is 26.9 Å². The van der Waals surface area contributed by atoms with Crippen LogP contribution in [-0.2, 0) is 14.3 Å². The van der Waals surface area contributed by atoms with Gasteiger partial charge in [0.15, 0.2) is 0 Å². The SMILES string of the molecule is COCCCOCCC1CCCC1(N)C(=O)O. The molecule has 2 unspecified atom stereocenters. The van der Waals surface area contributed by atoms with Gasteiger partial charge >= 0.3 is 5.97 Å². The lowest BCUT2D eigenvalue weighted by Gasteiger charge is -2.26. The van der Waals surface area contributed by atoms with Gasteiger partial charge in [-0.15, -0.1) is 0 Å². The quantitative estimate of drug-likeness (QED) is 0.624. The third-order valence-electron chi connectivity index (χ3n) is 3.52. The van der Waals surface area contributed by atoms with Gasteiger partial charge in [0.05, 0.1) is 0 Å². The van der Waals surface area contributed by atoms with E-state index in [1.807, 2.05) is 0 Å². The van der Waals surface area contributed by atoms with Crippen LogP contribution in [0.3, 0.4) is 0 Å². The van der Waals surface area contributed by atoms with Crippen molar-refractivity contribution < 1.29 is 19.4 Å². The highest BCUT2D eigenvalue weighted by molar-refractivity contribution is 5.79. The minimum Gasteiger partial charge on any atom is -0.480 e. The molecule has 0 aromatic heterocycles. The summed E-state index contributed by atoms with van der Waals surface area (Å²) in [6.07, 6.45) is 3.97. The fourth-order valence-corrected chi connectivity index (χ4v) is 2.42. The number of carbonyl (C=O) groups is 1. The number of methoxy groups -OCH3 is 1. The van der Waals surface area contributed by atoms with Crippen molar-refractivity contribution in [1.82, 2.24) is 0 Å². The lowest BCUT2D eigenvalue weighted by molar-refractivity contribution is -0.145. The average Bonchev–Trinajstić information content (AvgIpc) is 2.67. The van der Waals surface area contributed by atoms with Crippen LogP contribution in [0, 0.1) is 5.92 Å². The van der Waals surface area contributed by atoms with E-state index in [0.29, 0.717) is 26.2 Å². The van der Waals surface area contributed by atoms with E-state index in [1.54, 1.807) is 7.11 Å². The van der Waals surface area contributed by atoms with E-state index >= 15 is 0 Å². The summed E-state index contributed by atoms with van der Waals surface area (Å²) < 4.78 is 10.4. The van der Waals surface area contributed by atoms with Crippen LogP contribution < -0.4 is 5.73 Å². The largest absolute Gasteiger partial charge is 0.480 e. The number of hydrogen-bond acceptors (Lipinski definition) is 4. The Labute approximate surface area is 102 Å². The molecule has 1 rings (SSSR count). The summed E-state index contributed by atoms with van der Waals surface area (Å²) in [7, 11) is 1.66. The fraction of sp³-hybridized carbons (Fsp3) is 0.917. The van der Waals surface area contributed by atoms with Crippen molar-refractivity contribution in [1.29, 1.82) is 0 Å². The summed E-state index contributed by atoms with van der Waals surface area (Å²) in [5.74, 6) is -0.832. The number of aliphatic carboxylic acids is 1. The summed E-state index contributed by atoms with van der Waals surface area (Å²) >= 11 is 0. The number of rotatable bonds is 8. The number of hydrogen-bond donors (Lipinski definition) is 2. The summed E-state index contributed by atoms with van der Waals surface area (Å²) in [4.78, 5) is 11.1. The molecule has 0 amide bonds. The molecule has 0 aromatic carbocycles. The maximum atomic E-state index is 11.1. The molecule has 0 bridgehead atoms. The standard InChI is InChI=1S/C12H23NO4/c1-16-7-3-8-17-9-5-10-4-2-6-12(10,13)11(14)15/h10H,2-9,13H2,1H3,(H,14,15). The Morgan fingerprint density at radius 3 is 2.88 bits per heavy atom. The highest BCUT2D eigenvalue weighted by Gasteiger charge is 2.45. The van der Waals surface area contributed by atoms with Crippen molar-refractivity contribution in [2.75, 3.05) is 26.9 Å². The molecule has 5 heteroatoms. The van der Waals surface area contributed by atoms with Gasteiger partial charge in [-0.1, -0.05) is 6.42 Å². The van der Waals surface area contributed by atoms with Crippen molar-refractivity contribution in [3.8, 4) is 0 Å². The smallest absolute Gasteiger partial charge is 0.323 e. The van der Waals surface area contributed by atoms with Crippen LogP contribution in [0.4, 0.5) is 0 Å². The molecule has 0 aliphatic heterocycles. The van der Waals surface area contributed by atoms with Crippen molar-refractivity contribution in [3.05, 3.63) is 0 Å². The Hall–Kier alpha value is -0.650. The highest BCUT2D eigenvalue weighted by Crippen LogP contribution is 2.36. The molecule has 0 aromatic rings. The van der Waals surface area contributed by atoms with E-state index in [4.69, 9.17) is 20.3 Å². The fourth-order valence-electron chi connectivity index (χ4n) is 2.42. The molecule has 2 atom stereocenters. The van der Waals surface area contributed by atoms with Gasteiger partial charge in [-0.3, -0.25) is 4.79 Å². The molecule has 0 radical (unpaired) electrons. The van der Waals surface area contributed by atoms with Gasteiger partial charge in [-0.05, 0) is 31.6 Å². The Kier molecular flexibility index (Phi) is 5.88. The minimum atomic E-state index is -1.03. The zero-order valence-corrected chi connectivity index (χ0v) is 10.5. The number of carboxylic acids is 1. The molecule has 0 spiro atoms. The lowest BCUT2D eigenvalue weighted by atomic mass is 9.86. The van der Waals surface area contributed by atoms with Crippen LogP contribution in [0.2, 0.25) is 0 Å². The number of nitrogens with two attached hydrogens (primary N) is 1. The highest BCUT2D eigenvalue weighted by atomic mass is 16.5. The van der Waals surface area contributed by atoms with Crippen LogP contribution in [-0.4, -0.2) is 43.5 Å². The molecule has 3 N–H and O–H groups in total. The van der Waals surface area contributed by atoms with Crippen molar-refractivity contribution in [3.63, 3.8) is 0 Å². The topological polar surface area (TPSA) is 81.8 Å². The first-order valence-corrected chi connectivity index (χ1v) is 6.20. The molecule has 1 aliphatic rings. The molecule has 0 heterocycles. The Bertz CT molecular complexity index is 247. The Balaban J connectivity index is 2.20. The first-order valence-electron chi connectivity index (χ1n) is 6.20. The molecular formula is C12H23NO4. The van der Waals surface area contributed by atoms with Crippen LogP contribution in [0.15, 0.2) is 0 Å². The second-order valence-electron chi connectivity index (χ2n) is 4.68. The molecule has 1 aliphatic carbocycles. The van der Waals surface area contributed by atoms with Crippen molar-refractivity contribution >= 4 is 5.97 Å². The van der Waals surface area contributed by atoms with Gasteiger partial charge in [-0.25, -0.2) is 0 Å². The van der Waals surface area contributed by atoms with Crippen LogP contribution in [0.5, 0.6) is 0 Å². The normalized spacial score (nSPS) is 28.5. The van der Waals surface area contributed by atoms with E-state index in [1.165, 1.54) is 0 Å². The third-order valence-corrected chi connectivity index (χ3v) is 3.52. The lowest BCUT2D eigenvalue weighted by Crippen LogP contribution is -2.51. The minimum absolute atomic E-state index is 0.0439. The summed E-state index contributed by atoms with van der Waals surface area (Å²) in [6, 6.07) is 0. The van der Waals surface area contributed by atoms with E-state index in [0.717, 1.165) is 25.7 Å². The van der Waals surface area contributed by atoms with Crippen LogP contribution in [0.1, 0.15) is 32.1 Å². The Morgan fingerprint density at radius 1 is 1.47 bits per heavy atom. The predicted octanol–water partition coefficient (Wildman–Crippen LogP) is 1.01. The molecule has 5 nitrogen and oxygen atoms in total. The molecule has 1 saturated carbocycles. The first-order chi connectivity index (χ1) is 8.11. The second-order valence-corrected chi connectivity index (χ2v) is 4.68. The summed E-state index contributed by atoms with van der Waals surface area (Å²) in [6.45, 7) is 1.94. The Morgan fingerprint density at radius 2 is 2.24 bits per heavy atom. The van der Waals surface area contributed by atoms with E-state index in [2.05, 4.69) is 0 Å². The van der Waals surface area contributed by atoms with E-state index in [9.17, 15) is 4.79 Å². The molecule has 17 heavy (non-hydrogen) atoms. The second kappa shape index (κ2) is 6.93. The molecular weight excluding hydrogens is 222 g/mol. The maximum Gasteiger partial charge on any atom is 0.323 e. The van der Waals surface area contributed by atoms with Crippen LogP contribution >= 0.6 is 0 Å². The summed E-state index contributed by atoms with van der Waals surface area (Å²) in [5.41, 5.74) is 4.90. The molecule has 0 saturated heterocycles. The van der Waals surface area contributed by atoms with E-state index < -0.39 is 11.5 Å². The zero-order chi connectivity index (χ0) is 12.7. The van der Waals surface area contributed by atoms with Crippen molar-refractivity contribution in [2.45, 2.75) is 37.6 Å². The van der Waals surface area contributed by atoms with Gasteiger partial charge in [0.1, 0.15) is 5.54 Å². The number of ether oxygens (including phenoxy) is 2. The number of carboxylic acid groups (broad SMARTS) is 1. The van der Waals surface area contributed by atoms with Crippen LogP contribution in [0.25, 0.3) is 0 Å². The summed E-state index contributed by atoms with van der Waals surface area (Å²) in [5, 5.41) is 9.13.